The Bertz CT molecular complexity index is 319. The largest absolute Gasteiger partial charge is 0.409 e. The minimum absolute atomic E-state index is 0.163. The molecule has 1 heterocycles. The van der Waals surface area contributed by atoms with E-state index >= 15 is 0 Å². The SMILES string of the molecule is CCC(Nc1cnn(C)c1)C(N)=NO. The summed E-state index contributed by atoms with van der Waals surface area (Å²) in [5.41, 5.74) is 6.35. The second-order valence-electron chi connectivity index (χ2n) is 3.03. The molecule has 0 aliphatic carbocycles. The first kappa shape index (κ1) is 10.4. The van der Waals surface area contributed by atoms with Crippen molar-refractivity contribution in [3.8, 4) is 0 Å². The fourth-order valence-electron chi connectivity index (χ4n) is 1.15. The van der Waals surface area contributed by atoms with Crippen LogP contribution in [0.3, 0.4) is 0 Å². The molecule has 0 bridgehead atoms. The lowest BCUT2D eigenvalue weighted by atomic mass is 10.2. The van der Waals surface area contributed by atoms with Crippen LogP contribution in [0, 0.1) is 0 Å². The van der Waals surface area contributed by atoms with E-state index in [0.717, 1.165) is 12.1 Å². The summed E-state index contributed by atoms with van der Waals surface area (Å²) in [5.74, 6) is 0.177. The molecule has 4 N–H and O–H groups in total. The summed E-state index contributed by atoms with van der Waals surface area (Å²) in [7, 11) is 1.83. The average molecular weight is 197 g/mol. The molecule has 14 heavy (non-hydrogen) atoms. The van der Waals surface area contributed by atoms with Gasteiger partial charge in [0.15, 0.2) is 5.84 Å². The van der Waals surface area contributed by atoms with Crippen LogP contribution in [0.4, 0.5) is 5.69 Å². The Hall–Kier alpha value is -1.72. The molecular formula is C8H15N5O. The molecule has 6 nitrogen and oxygen atoms in total. The topological polar surface area (TPSA) is 88.5 Å². The molecule has 0 aliphatic rings. The monoisotopic (exact) mass is 197 g/mol. The Morgan fingerprint density at radius 2 is 2.57 bits per heavy atom. The first-order valence-electron chi connectivity index (χ1n) is 4.40. The van der Waals surface area contributed by atoms with Crippen molar-refractivity contribution in [1.82, 2.24) is 9.78 Å². The van der Waals surface area contributed by atoms with E-state index in [1.807, 2.05) is 20.2 Å². The van der Waals surface area contributed by atoms with E-state index in [0.29, 0.717) is 0 Å². The normalized spacial score (nSPS) is 14.0. The highest BCUT2D eigenvalue weighted by Crippen LogP contribution is 2.07. The summed E-state index contributed by atoms with van der Waals surface area (Å²) >= 11 is 0. The summed E-state index contributed by atoms with van der Waals surface area (Å²) in [6.45, 7) is 1.95. The summed E-state index contributed by atoms with van der Waals surface area (Å²) in [6, 6.07) is -0.163. The molecule has 0 spiro atoms. The number of hydrogen-bond donors (Lipinski definition) is 3. The number of nitrogens with one attached hydrogen (secondary N) is 1. The predicted octanol–water partition coefficient (Wildman–Crippen LogP) is 0.357. The zero-order valence-electron chi connectivity index (χ0n) is 8.31. The van der Waals surface area contributed by atoms with Crippen LogP contribution in [-0.4, -0.2) is 26.9 Å². The maximum atomic E-state index is 8.52. The van der Waals surface area contributed by atoms with Crippen molar-refractivity contribution >= 4 is 11.5 Å². The molecule has 0 radical (unpaired) electrons. The molecular weight excluding hydrogens is 182 g/mol. The van der Waals surface area contributed by atoms with Crippen LogP contribution in [0.1, 0.15) is 13.3 Å². The summed E-state index contributed by atoms with van der Waals surface area (Å²) in [6.07, 6.45) is 4.26. The first-order valence-corrected chi connectivity index (χ1v) is 4.40. The lowest BCUT2D eigenvalue weighted by molar-refractivity contribution is 0.316. The average Bonchev–Trinajstić information content (AvgIpc) is 2.59. The van der Waals surface area contributed by atoms with Crippen LogP contribution in [0.5, 0.6) is 0 Å². The number of nitrogens with two attached hydrogens (primary N) is 1. The molecule has 1 atom stereocenters. The molecule has 0 amide bonds. The van der Waals surface area contributed by atoms with Crippen LogP contribution < -0.4 is 11.1 Å². The molecule has 0 aromatic carbocycles. The second kappa shape index (κ2) is 4.50. The van der Waals surface area contributed by atoms with Gasteiger partial charge in [-0.2, -0.15) is 5.10 Å². The molecule has 0 fully saturated rings. The Labute approximate surface area is 82.4 Å². The minimum Gasteiger partial charge on any atom is -0.409 e. The van der Waals surface area contributed by atoms with Crippen LogP contribution in [0.25, 0.3) is 0 Å². The Morgan fingerprint density at radius 1 is 1.86 bits per heavy atom. The van der Waals surface area contributed by atoms with Gasteiger partial charge in [0, 0.05) is 13.2 Å². The number of aromatic nitrogens is 2. The van der Waals surface area contributed by atoms with Gasteiger partial charge in [-0.25, -0.2) is 0 Å². The van der Waals surface area contributed by atoms with Crippen molar-refractivity contribution in [2.45, 2.75) is 19.4 Å². The van der Waals surface area contributed by atoms with E-state index in [2.05, 4.69) is 15.6 Å². The third kappa shape index (κ3) is 2.38. The first-order chi connectivity index (χ1) is 6.67. The van der Waals surface area contributed by atoms with E-state index in [-0.39, 0.29) is 11.9 Å². The fourth-order valence-corrected chi connectivity index (χ4v) is 1.15. The summed E-state index contributed by atoms with van der Waals surface area (Å²) in [4.78, 5) is 0. The van der Waals surface area contributed by atoms with Crippen LogP contribution in [0.15, 0.2) is 17.5 Å². The highest BCUT2D eigenvalue weighted by molar-refractivity contribution is 5.87. The maximum absolute atomic E-state index is 8.52. The minimum atomic E-state index is -0.163. The van der Waals surface area contributed by atoms with E-state index in [1.165, 1.54) is 0 Å². The van der Waals surface area contributed by atoms with Gasteiger partial charge in [-0.05, 0) is 6.42 Å². The smallest absolute Gasteiger partial charge is 0.161 e. The third-order valence-corrected chi connectivity index (χ3v) is 1.93. The molecule has 1 aromatic rings. The van der Waals surface area contributed by atoms with E-state index in [1.54, 1.807) is 10.9 Å². The number of anilines is 1. The molecule has 0 aliphatic heterocycles. The van der Waals surface area contributed by atoms with Crippen molar-refractivity contribution in [2.75, 3.05) is 5.32 Å². The van der Waals surface area contributed by atoms with E-state index in [4.69, 9.17) is 10.9 Å². The van der Waals surface area contributed by atoms with Crippen molar-refractivity contribution < 1.29 is 5.21 Å². The standard InChI is InChI=1S/C8H15N5O/c1-3-7(8(9)12-14)11-6-4-10-13(2)5-6/h4-5,7,11,14H,3H2,1-2H3,(H2,9,12). The number of nitrogens with zero attached hydrogens (tertiary/aromatic N) is 3. The van der Waals surface area contributed by atoms with Crippen molar-refractivity contribution in [2.24, 2.45) is 17.9 Å². The van der Waals surface area contributed by atoms with Gasteiger partial charge in [0.1, 0.15) is 0 Å². The van der Waals surface area contributed by atoms with Gasteiger partial charge in [-0.1, -0.05) is 12.1 Å². The van der Waals surface area contributed by atoms with E-state index in [9.17, 15) is 0 Å². The van der Waals surface area contributed by atoms with Gasteiger partial charge >= 0.3 is 0 Å². The molecule has 1 rings (SSSR count). The Morgan fingerprint density at radius 3 is 3.00 bits per heavy atom. The fraction of sp³-hybridized carbons (Fsp3) is 0.500. The van der Waals surface area contributed by atoms with Crippen molar-refractivity contribution in [3.63, 3.8) is 0 Å². The summed E-state index contributed by atoms with van der Waals surface area (Å²) in [5, 5.41) is 18.6. The second-order valence-corrected chi connectivity index (χ2v) is 3.03. The zero-order valence-corrected chi connectivity index (χ0v) is 8.31. The molecule has 78 valence electrons. The predicted molar refractivity (Wildman–Crippen MR) is 54.3 cm³/mol. The number of aryl methyl sites for hydroxylation is 1. The lowest BCUT2D eigenvalue weighted by Crippen LogP contribution is -2.34. The number of rotatable bonds is 4. The lowest BCUT2D eigenvalue weighted by Gasteiger charge is -2.14. The van der Waals surface area contributed by atoms with Gasteiger partial charge < -0.3 is 16.3 Å². The van der Waals surface area contributed by atoms with E-state index < -0.39 is 0 Å². The third-order valence-electron chi connectivity index (χ3n) is 1.93. The van der Waals surface area contributed by atoms with Crippen molar-refractivity contribution in [3.05, 3.63) is 12.4 Å². The number of hydrogen-bond acceptors (Lipinski definition) is 4. The van der Waals surface area contributed by atoms with Gasteiger partial charge in [0.05, 0.1) is 17.9 Å². The Balaban J connectivity index is 2.66. The van der Waals surface area contributed by atoms with Gasteiger partial charge in [0.2, 0.25) is 0 Å². The van der Waals surface area contributed by atoms with Gasteiger partial charge in [0.25, 0.3) is 0 Å². The highest BCUT2D eigenvalue weighted by Gasteiger charge is 2.11. The van der Waals surface area contributed by atoms with Crippen LogP contribution >= 0.6 is 0 Å². The number of oxime groups is 1. The van der Waals surface area contributed by atoms with Crippen molar-refractivity contribution in [1.29, 1.82) is 0 Å². The maximum Gasteiger partial charge on any atom is 0.161 e. The molecule has 1 aromatic heterocycles. The molecule has 1 unspecified atom stereocenters. The quantitative estimate of drug-likeness (QED) is 0.281. The highest BCUT2D eigenvalue weighted by atomic mass is 16.4. The van der Waals surface area contributed by atoms with Crippen LogP contribution in [-0.2, 0) is 7.05 Å². The molecule has 0 saturated heterocycles. The number of amidine groups is 1. The summed E-state index contributed by atoms with van der Waals surface area (Å²) < 4.78 is 1.68. The van der Waals surface area contributed by atoms with Crippen LogP contribution in [0.2, 0.25) is 0 Å². The van der Waals surface area contributed by atoms with Gasteiger partial charge in [-0.15, -0.1) is 0 Å². The zero-order chi connectivity index (χ0) is 10.6. The molecule has 6 heteroatoms. The van der Waals surface area contributed by atoms with Gasteiger partial charge in [-0.3, -0.25) is 4.68 Å². The Kier molecular flexibility index (Phi) is 3.33. The molecule has 0 saturated carbocycles.